The van der Waals surface area contributed by atoms with E-state index < -0.39 is 0 Å². The minimum atomic E-state index is 0.792. The summed E-state index contributed by atoms with van der Waals surface area (Å²) < 4.78 is 0. The molecule has 12 heavy (non-hydrogen) atoms. The molecule has 1 saturated heterocycles. The van der Waals surface area contributed by atoms with Gasteiger partial charge in [-0.3, -0.25) is 0 Å². The van der Waals surface area contributed by atoms with Gasteiger partial charge in [0, 0.05) is 13.1 Å². The van der Waals surface area contributed by atoms with Gasteiger partial charge in [0.15, 0.2) is 0 Å². The van der Waals surface area contributed by atoms with Crippen molar-refractivity contribution in [3.63, 3.8) is 0 Å². The van der Waals surface area contributed by atoms with Gasteiger partial charge in [0.1, 0.15) is 0 Å². The van der Waals surface area contributed by atoms with Crippen LogP contribution in [0.25, 0.3) is 0 Å². The lowest BCUT2D eigenvalue weighted by Crippen LogP contribution is -2.30. The molecule has 72 valence electrons. The van der Waals surface area contributed by atoms with E-state index in [4.69, 9.17) is 0 Å². The van der Waals surface area contributed by atoms with Crippen molar-refractivity contribution < 1.29 is 0 Å². The topological polar surface area (TPSA) is 15.3 Å². The Balaban J connectivity index is 2.14. The van der Waals surface area contributed by atoms with Crippen LogP contribution in [0.3, 0.4) is 0 Å². The Kier molecular flexibility index (Phi) is 4.02. The quantitative estimate of drug-likeness (QED) is 0.681. The molecule has 1 aliphatic rings. The Bertz CT molecular complexity index is 125. The van der Waals surface area contributed by atoms with Crippen LogP contribution in [0.15, 0.2) is 0 Å². The summed E-state index contributed by atoms with van der Waals surface area (Å²) in [5.41, 5.74) is 0. The number of rotatable bonds is 4. The smallest absolute Gasteiger partial charge is 0.00193 e. The summed E-state index contributed by atoms with van der Waals surface area (Å²) >= 11 is 0. The lowest BCUT2D eigenvalue weighted by atomic mass is 10.1. The molecule has 0 saturated carbocycles. The second-order valence-corrected chi connectivity index (χ2v) is 4.32. The predicted molar refractivity (Wildman–Crippen MR) is 53.3 cm³/mol. The van der Waals surface area contributed by atoms with Gasteiger partial charge in [-0.25, -0.2) is 0 Å². The average molecular weight is 170 g/mol. The van der Waals surface area contributed by atoms with Gasteiger partial charge in [-0.1, -0.05) is 13.8 Å². The Morgan fingerprint density at radius 1 is 1.58 bits per heavy atom. The van der Waals surface area contributed by atoms with E-state index in [0.29, 0.717) is 0 Å². The van der Waals surface area contributed by atoms with Crippen LogP contribution in [0.5, 0.6) is 0 Å². The van der Waals surface area contributed by atoms with E-state index in [-0.39, 0.29) is 0 Å². The number of likely N-dealkylation sites (tertiary alicyclic amines) is 1. The highest BCUT2D eigenvalue weighted by Crippen LogP contribution is 2.15. The zero-order valence-corrected chi connectivity index (χ0v) is 8.64. The maximum Gasteiger partial charge on any atom is 0.00193 e. The van der Waals surface area contributed by atoms with E-state index in [1.54, 1.807) is 0 Å². The van der Waals surface area contributed by atoms with Crippen molar-refractivity contribution in [2.45, 2.75) is 20.3 Å². The number of nitrogens with one attached hydrogen (secondary N) is 1. The lowest BCUT2D eigenvalue weighted by molar-refractivity contribution is 0.278. The molecule has 2 atom stereocenters. The van der Waals surface area contributed by atoms with Gasteiger partial charge in [-0.05, 0) is 38.4 Å². The summed E-state index contributed by atoms with van der Waals surface area (Å²) in [4.78, 5) is 2.59. The van der Waals surface area contributed by atoms with Crippen LogP contribution >= 0.6 is 0 Å². The highest BCUT2D eigenvalue weighted by molar-refractivity contribution is 4.74. The summed E-state index contributed by atoms with van der Waals surface area (Å²) in [6.45, 7) is 9.71. The van der Waals surface area contributed by atoms with Crippen LogP contribution in [0, 0.1) is 11.8 Å². The molecule has 0 bridgehead atoms. The van der Waals surface area contributed by atoms with E-state index >= 15 is 0 Å². The highest BCUT2D eigenvalue weighted by Gasteiger charge is 2.19. The Morgan fingerprint density at radius 3 is 2.83 bits per heavy atom. The molecule has 0 amide bonds. The monoisotopic (exact) mass is 170 g/mol. The van der Waals surface area contributed by atoms with Crippen molar-refractivity contribution in [1.29, 1.82) is 0 Å². The molecular weight excluding hydrogens is 148 g/mol. The summed E-state index contributed by atoms with van der Waals surface area (Å²) in [5.74, 6) is 1.71. The van der Waals surface area contributed by atoms with Gasteiger partial charge in [-0.2, -0.15) is 0 Å². The van der Waals surface area contributed by atoms with Crippen molar-refractivity contribution in [2.24, 2.45) is 11.8 Å². The Labute approximate surface area is 76.3 Å². The van der Waals surface area contributed by atoms with Gasteiger partial charge >= 0.3 is 0 Å². The molecule has 1 rings (SSSR count). The zero-order chi connectivity index (χ0) is 8.97. The fourth-order valence-electron chi connectivity index (χ4n) is 2.05. The second kappa shape index (κ2) is 4.83. The molecule has 1 N–H and O–H groups in total. The molecule has 0 radical (unpaired) electrons. The first kappa shape index (κ1) is 10.0. The normalized spacial score (nSPS) is 27.8. The van der Waals surface area contributed by atoms with Crippen molar-refractivity contribution in [3.05, 3.63) is 0 Å². The second-order valence-electron chi connectivity index (χ2n) is 4.32. The molecule has 0 aromatic rings. The maximum absolute atomic E-state index is 3.23. The molecule has 1 aliphatic heterocycles. The van der Waals surface area contributed by atoms with Crippen molar-refractivity contribution >= 4 is 0 Å². The third-order valence-electron chi connectivity index (χ3n) is 2.63. The lowest BCUT2D eigenvalue weighted by Gasteiger charge is -2.20. The van der Waals surface area contributed by atoms with Gasteiger partial charge in [-0.15, -0.1) is 0 Å². The SMILES string of the molecule is CNCC(C)CN1CCC(C)C1. The molecular formula is C10H22N2. The van der Waals surface area contributed by atoms with E-state index in [1.807, 2.05) is 7.05 Å². The molecule has 1 fully saturated rings. The van der Waals surface area contributed by atoms with Crippen molar-refractivity contribution in [3.8, 4) is 0 Å². The third-order valence-corrected chi connectivity index (χ3v) is 2.63. The first-order valence-corrected chi connectivity index (χ1v) is 5.09. The van der Waals surface area contributed by atoms with E-state index in [2.05, 4.69) is 24.1 Å². The van der Waals surface area contributed by atoms with Gasteiger partial charge in [0.2, 0.25) is 0 Å². The van der Waals surface area contributed by atoms with E-state index in [0.717, 1.165) is 18.4 Å². The van der Waals surface area contributed by atoms with Crippen molar-refractivity contribution in [1.82, 2.24) is 10.2 Å². The van der Waals surface area contributed by atoms with Gasteiger partial charge in [0.25, 0.3) is 0 Å². The summed E-state index contributed by atoms with van der Waals surface area (Å²) in [6, 6.07) is 0. The van der Waals surface area contributed by atoms with Crippen LogP contribution in [-0.4, -0.2) is 38.1 Å². The number of hydrogen-bond acceptors (Lipinski definition) is 2. The van der Waals surface area contributed by atoms with Gasteiger partial charge < -0.3 is 10.2 Å². The van der Waals surface area contributed by atoms with Crippen LogP contribution < -0.4 is 5.32 Å². The molecule has 2 unspecified atom stereocenters. The maximum atomic E-state index is 3.23. The number of hydrogen-bond donors (Lipinski definition) is 1. The molecule has 0 spiro atoms. The fourth-order valence-corrected chi connectivity index (χ4v) is 2.05. The predicted octanol–water partition coefficient (Wildman–Crippen LogP) is 1.18. The summed E-state index contributed by atoms with van der Waals surface area (Å²) in [6.07, 6.45) is 1.40. The third kappa shape index (κ3) is 3.11. The molecule has 2 nitrogen and oxygen atoms in total. The van der Waals surface area contributed by atoms with Crippen LogP contribution in [-0.2, 0) is 0 Å². The van der Waals surface area contributed by atoms with E-state index in [1.165, 1.54) is 26.1 Å². The largest absolute Gasteiger partial charge is 0.319 e. The minimum Gasteiger partial charge on any atom is -0.319 e. The average Bonchev–Trinajstić information content (AvgIpc) is 2.36. The molecule has 2 heteroatoms. The first-order chi connectivity index (χ1) is 5.72. The van der Waals surface area contributed by atoms with Crippen molar-refractivity contribution in [2.75, 3.05) is 33.2 Å². The molecule has 0 aromatic heterocycles. The standard InChI is InChI=1S/C10H22N2/c1-9-4-5-12(7-9)8-10(2)6-11-3/h9-11H,4-8H2,1-3H3. The summed E-state index contributed by atoms with van der Waals surface area (Å²) in [5, 5.41) is 3.23. The van der Waals surface area contributed by atoms with Crippen LogP contribution in [0.2, 0.25) is 0 Å². The summed E-state index contributed by atoms with van der Waals surface area (Å²) in [7, 11) is 2.03. The fraction of sp³-hybridized carbons (Fsp3) is 1.00. The Morgan fingerprint density at radius 2 is 2.33 bits per heavy atom. The molecule has 1 heterocycles. The zero-order valence-electron chi connectivity index (χ0n) is 8.64. The van der Waals surface area contributed by atoms with Crippen LogP contribution in [0.4, 0.5) is 0 Å². The van der Waals surface area contributed by atoms with Crippen LogP contribution in [0.1, 0.15) is 20.3 Å². The Hall–Kier alpha value is -0.0800. The van der Waals surface area contributed by atoms with E-state index in [9.17, 15) is 0 Å². The van der Waals surface area contributed by atoms with Gasteiger partial charge in [0.05, 0.1) is 0 Å². The first-order valence-electron chi connectivity index (χ1n) is 5.09. The highest BCUT2D eigenvalue weighted by atomic mass is 15.1. The molecule has 0 aromatic carbocycles. The number of nitrogens with zero attached hydrogens (tertiary/aromatic N) is 1. The minimum absolute atomic E-state index is 0.792. The molecule has 0 aliphatic carbocycles.